The van der Waals surface area contributed by atoms with Crippen LogP contribution < -0.4 is 9.47 Å². The van der Waals surface area contributed by atoms with Crippen LogP contribution in [-0.2, 0) is 6.54 Å². The second-order valence-corrected chi connectivity index (χ2v) is 5.72. The van der Waals surface area contributed by atoms with Crippen LogP contribution in [-0.4, -0.2) is 52.9 Å². The number of tetrazole rings is 1. The molecular formula is C15H21N5O2. The van der Waals surface area contributed by atoms with Gasteiger partial charge in [0.25, 0.3) is 0 Å². The zero-order valence-corrected chi connectivity index (χ0v) is 13.2. The van der Waals surface area contributed by atoms with Crippen molar-refractivity contribution in [3.05, 3.63) is 24.0 Å². The lowest BCUT2D eigenvalue weighted by molar-refractivity contribution is 0.302. The van der Waals surface area contributed by atoms with Gasteiger partial charge in [-0.25, -0.2) is 0 Å². The molecular weight excluding hydrogens is 282 g/mol. The Labute approximate surface area is 129 Å². The summed E-state index contributed by atoms with van der Waals surface area (Å²) in [5.74, 6) is 3.06. The molecule has 3 rings (SSSR count). The number of methoxy groups -OCH3 is 2. The van der Waals surface area contributed by atoms with Crippen LogP contribution in [0.3, 0.4) is 0 Å². The van der Waals surface area contributed by atoms with Crippen LogP contribution in [0, 0.1) is 5.92 Å². The van der Waals surface area contributed by atoms with Crippen molar-refractivity contribution in [3.63, 3.8) is 0 Å². The third-order valence-corrected chi connectivity index (χ3v) is 3.79. The highest BCUT2D eigenvalue weighted by atomic mass is 16.5. The molecule has 118 valence electrons. The third kappa shape index (κ3) is 3.36. The van der Waals surface area contributed by atoms with Gasteiger partial charge in [-0.1, -0.05) is 0 Å². The molecule has 1 heterocycles. The van der Waals surface area contributed by atoms with Crippen molar-refractivity contribution in [1.29, 1.82) is 0 Å². The highest BCUT2D eigenvalue weighted by molar-refractivity contribution is 5.46. The number of ether oxygens (including phenoxy) is 2. The molecule has 0 N–H and O–H groups in total. The fourth-order valence-electron chi connectivity index (χ4n) is 2.47. The van der Waals surface area contributed by atoms with E-state index in [9.17, 15) is 0 Å². The lowest BCUT2D eigenvalue weighted by Crippen LogP contribution is -2.22. The van der Waals surface area contributed by atoms with Gasteiger partial charge in [0.15, 0.2) is 5.82 Å². The van der Waals surface area contributed by atoms with Gasteiger partial charge in [0.1, 0.15) is 11.5 Å². The maximum absolute atomic E-state index is 5.30. The van der Waals surface area contributed by atoms with E-state index < -0.39 is 0 Å². The Morgan fingerprint density at radius 2 is 1.86 bits per heavy atom. The highest BCUT2D eigenvalue weighted by Crippen LogP contribution is 2.30. The van der Waals surface area contributed by atoms with Crippen LogP contribution in [0.1, 0.15) is 18.7 Å². The summed E-state index contributed by atoms with van der Waals surface area (Å²) in [5.41, 5.74) is 0.830. The molecule has 22 heavy (non-hydrogen) atoms. The molecule has 7 heteroatoms. The number of hydrogen-bond acceptors (Lipinski definition) is 6. The van der Waals surface area contributed by atoms with Crippen molar-refractivity contribution in [2.45, 2.75) is 19.4 Å². The summed E-state index contributed by atoms with van der Waals surface area (Å²) < 4.78 is 12.3. The normalized spacial score (nSPS) is 14.4. The molecule has 0 atom stereocenters. The molecule has 0 saturated heterocycles. The van der Waals surface area contributed by atoms with Crippen LogP contribution >= 0.6 is 0 Å². The highest BCUT2D eigenvalue weighted by Gasteiger charge is 2.23. The van der Waals surface area contributed by atoms with Gasteiger partial charge in [0.05, 0.1) is 26.5 Å². The molecule has 0 aliphatic heterocycles. The molecule has 1 aliphatic carbocycles. The molecule has 2 aromatic rings. The first-order chi connectivity index (χ1) is 10.7. The Balaban J connectivity index is 1.83. The van der Waals surface area contributed by atoms with Gasteiger partial charge < -0.3 is 9.47 Å². The largest absolute Gasteiger partial charge is 0.497 e. The van der Waals surface area contributed by atoms with Crippen LogP contribution in [0.25, 0.3) is 5.69 Å². The first kappa shape index (κ1) is 14.8. The molecule has 0 spiro atoms. The fourth-order valence-corrected chi connectivity index (χ4v) is 2.47. The number of benzene rings is 1. The van der Waals surface area contributed by atoms with Gasteiger partial charge >= 0.3 is 0 Å². The van der Waals surface area contributed by atoms with Gasteiger partial charge in [-0.3, -0.25) is 4.90 Å². The van der Waals surface area contributed by atoms with E-state index in [1.54, 1.807) is 18.9 Å². The monoisotopic (exact) mass is 303 g/mol. The Hall–Kier alpha value is -2.15. The Morgan fingerprint density at radius 3 is 2.45 bits per heavy atom. The van der Waals surface area contributed by atoms with Crippen LogP contribution in [0.4, 0.5) is 0 Å². The van der Waals surface area contributed by atoms with Crippen molar-refractivity contribution in [1.82, 2.24) is 25.1 Å². The summed E-state index contributed by atoms with van der Waals surface area (Å²) in [6, 6.07) is 5.61. The minimum absolute atomic E-state index is 0.710. The van der Waals surface area contributed by atoms with E-state index in [0.29, 0.717) is 18.0 Å². The van der Waals surface area contributed by atoms with E-state index in [-0.39, 0.29) is 0 Å². The van der Waals surface area contributed by atoms with Crippen molar-refractivity contribution >= 4 is 0 Å². The molecule has 7 nitrogen and oxygen atoms in total. The number of rotatable bonds is 7. The molecule has 0 radical (unpaired) electrons. The fraction of sp³-hybridized carbons (Fsp3) is 0.533. The third-order valence-electron chi connectivity index (χ3n) is 3.79. The van der Waals surface area contributed by atoms with E-state index in [1.807, 2.05) is 18.2 Å². The van der Waals surface area contributed by atoms with E-state index in [0.717, 1.165) is 24.0 Å². The summed E-state index contributed by atoms with van der Waals surface area (Å²) >= 11 is 0. The lowest BCUT2D eigenvalue weighted by Gasteiger charge is -2.15. The first-order valence-electron chi connectivity index (χ1n) is 7.39. The molecule has 1 saturated carbocycles. The minimum Gasteiger partial charge on any atom is -0.497 e. The molecule has 1 fully saturated rings. The Morgan fingerprint density at radius 1 is 1.18 bits per heavy atom. The summed E-state index contributed by atoms with van der Waals surface area (Å²) in [7, 11) is 5.36. The first-order valence-corrected chi connectivity index (χ1v) is 7.39. The lowest BCUT2D eigenvalue weighted by atomic mass is 10.2. The van der Waals surface area contributed by atoms with E-state index in [1.165, 1.54) is 12.8 Å². The Bertz CT molecular complexity index is 616. The second-order valence-electron chi connectivity index (χ2n) is 5.72. The van der Waals surface area contributed by atoms with Crippen LogP contribution in [0.5, 0.6) is 11.5 Å². The quantitative estimate of drug-likeness (QED) is 0.773. The maximum atomic E-state index is 5.30. The predicted octanol–water partition coefficient (Wildman–Crippen LogP) is 1.52. The van der Waals surface area contributed by atoms with Gasteiger partial charge in [-0.05, 0) is 36.2 Å². The van der Waals surface area contributed by atoms with Crippen molar-refractivity contribution in [2.24, 2.45) is 5.92 Å². The topological polar surface area (TPSA) is 65.3 Å². The second kappa shape index (κ2) is 6.31. The Kier molecular flexibility index (Phi) is 4.24. The van der Waals surface area contributed by atoms with E-state index >= 15 is 0 Å². The van der Waals surface area contributed by atoms with Gasteiger partial charge in [-0.2, -0.15) is 4.68 Å². The average molecular weight is 303 g/mol. The summed E-state index contributed by atoms with van der Waals surface area (Å²) in [4.78, 5) is 2.26. The predicted molar refractivity (Wildman–Crippen MR) is 81.3 cm³/mol. The zero-order valence-electron chi connectivity index (χ0n) is 13.2. The van der Waals surface area contributed by atoms with E-state index in [2.05, 4.69) is 27.5 Å². The van der Waals surface area contributed by atoms with Crippen molar-refractivity contribution in [3.8, 4) is 17.2 Å². The summed E-state index contributed by atoms with van der Waals surface area (Å²) in [6.07, 6.45) is 2.67. The van der Waals surface area contributed by atoms with Crippen LogP contribution in [0.15, 0.2) is 18.2 Å². The van der Waals surface area contributed by atoms with E-state index in [4.69, 9.17) is 9.47 Å². The van der Waals surface area contributed by atoms with Gasteiger partial charge in [-0.15, -0.1) is 5.10 Å². The maximum Gasteiger partial charge on any atom is 0.170 e. The zero-order chi connectivity index (χ0) is 15.5. The molecule has 1 aliphatic rings. The molecule has 1 aromatic carbocycles. The van der Waals surface area contributed by atoms with Crippen molar-refractivity contribution < 1.29 is 9.47 Å². The number of hydrogen-bond donors (Lipinski definition) is 0. The SMILES string of the molecule is COc1cc(OC)cc(-n2nnnc2CN(C)CC2CC2)c1. The average Bonchev–Trinajstić information content (AvgIpc) is 3.22. The van der Waals surface area contributed by atoms with Crippen molar-refractivity contribution in [2.75, 3.05) is 27.8 Å². The van der Waals surface area contributed by atoms with Gasteiger partial charge in [0, 0.05) is 24.7 Å². The summed E-state index contributed by atoms with van der Waals surface area (Å²) in [6.45, 7) is 1.80. The molecule has 0 bridgehead atoms. The van der Waals surface area contributed by atoms with Gasteiger partial charge in [0.2, 0.25) is 0 Å². The smallest absolute Gasteiger partial charge is 0.170 e. The minimum atomic E-state index is 0.710. The standard InChI is InChI=1S/C15H21N5O2/c1-19(9-11-4-5-11)10-15-16-17-18-20(15)12-6-13(21-2)8-14(7-12)22-3/h6-8,11H,4-5,9-10H2,1-3H3. The molecule has 0 unspecified atom stereocenters. The number of nitrogens with zero attached hydrogens (tertiary/aromatic N) is 5. The van der Waals surface area contributed by atoms with Crippen LogP contribution in [0.2, 0.25) is 0 Å². The molecule has 0 amide bonds. The molecule has 1 aromatic heterocycles. The number of aromatic nitrogens is 4. The summed E-state index contributed by atoms with van der Waals surface area (Å²) in [5, 5.41) is 12.1.